The zero-order chi connectivity index (χ0) is 12.5. The van der Waals surface area contributed by atoms with E-state index in [4.69, 9.17) is 5.73 Å². The Kier molecular flexibility index (Phi) is 2.63. The van der Waals surface area contributed by atoms with Crippen molar-refractivity contribution < 1.29 is 4.79 Å². The van der Waals surface area contributed by atoms with Gasteiger partial charge in [-0.3, -0.25) is 9.78 Å². The van der Waals surface area contributed by atoms with Crippen molar-refractivity contribution in [3.63, 3.8) is 0 Å². The molecule has 2 heterocycles. The molecular weight excluding hydrogens is 226 g/mol. The van der Waals surface area contributed by atoms with E-state index in [1.165, 1.54) is 0 Å². The van der Waals surface area contributed by atoms with Gasteiger partial charge in [-0.05, 0) is 30.4 Å². The number of anilines is 1. The van der Waals surface area contributed by atoms with Crippen molar-refractivity contribution in [2.75, 3.05) is 18.8 Å². The molecule has 1 aliphatic heterocycles. The molecule has 0 spiro atoms. The van der Waals surface area contributed by atoms with Gasteiger partial charge in [0.15, 0.2) is 0 Å². The Hall–Kier alpha value is -2.10. The van der Waals surface area contributed by atoms with Gasteiger partial charge in [0.2, 0.25) is 0 Å². The molecule has 4 nitrogen and oxygen atoms in total. The number of hydrogen-bond donors (Lipinski definition) is 1. The van der Waals surface area contributed by atoms with Gasteiger partial charge >= 0.3 is 0 Å². The van der Waals surface area contributed by atoms with Crippen LogP contribution in [0.25, 0.3) is 10.8 Å². The number of benzene rings is 1. The molecule has 2 aromatic rings. The van der Waals surface area contributed by atoms with Crippen LogP contribution in [-0.4, -0.2) is 28.9 Å². The van der Waals surface area contributed by atoms with E-state index in [1.54, 1.807) is 6.20 Å². The van der Waals surface area contributed by atoms with Crippen LogP contribution in [0.1, 0.15) is 23.3 Å². The van der Waals surface area contributed by atoms with Crippen LogP contribution in [0.4, 0.5) is 5.69 Å². The largest absolute Gasteiger partial charge is 0.398 e. The van der Waals surface area contributed by atoms with Crippen LogP contribution >= 0.6 is 0 Å². The minimum atomic E-state index is -0.00370. The molecule has 0 saturated carbocycles. The van der Waals surface area contributed by atoms with Gasteiger partial charge in [-0.15, -0.1) is 0 Å². The fraction of sp³-hybridized carbons (Fsp3) is 0.286. The SMILES string of the molecule is Nc1cccc2ccnc(C(=O)N3CCCC3)c12. The Bertz CT molecular complexity index is 598. The second-order valence-corrected chi connectivity index (χ2v) is 4.60. The average molecular weight is 241 g/mol. The summed E-state index contributed by atoms with van der Waals surface area (Å²) in [6.07, 6.45) is 3.82. The number of carbonyl (C=O) groups is 1. The predicted octanol–water partition coefficient (Wildman–Crippen LogP) is 2.05. The molecular formula is C14H15N3O. The quantitative estimate of drug-likeness (QED) is 0.777. The molecule has 1 aromatic carbocycles. The third-order valence-electron chi connectivity index (χ3n) is 3.42. The summed E-state index contributed by atoms with van der Waals surface area (Å²) >= 11 is 0. The minimum absolute atomic E-state index is 0.00370. The van der Waals surface area contributed by atoms with E-state index in [0.29, 0.717) is 11.4 Å². The lowest BCUT2D eigenvalue weighted by Crippen LogP contribution is -2.28. The molecule has 0 bridgehead atoms. The molecule has 1 aromatic heterocycles. The van der Waals surface area contributed by atoms with Crippen LogP contribution in [0.2, 0.25) is 0 Å². The normalized spacial score (nSPS) is 15.2. The van der Waals surface area contributed by atoms with Crippen molar-refractivity contribution in [3.8, 4) is 0 Å². The standard InChI is InChI=1S/C14H15N3O/c15-11-5-3-4-10-6-7-16-13(12(10)11)14(18)17-8-1-2-9-17/h3-7H,1-2,8-9,15H2. The number of fused-ring (bicyclic) bond motifs is 1. The number of aromatic nitrogens is 1. The summed E-state index contributed by atoms with van der Waals surface area (Å²) in [6.45, 7) is 1.65. The zero-order valence-electron chi connectivity index (χ0n) is 10.1. The molecule has 0 radical (unpaired) electrons. The van der Waals surface area contributed by atoms with Crippen LogP contribution in [0.3, 0.4) is 0 Å². The second-order valence-electron chi connectivity index (χ2n) is 4.60. The summed E-state index contributed by atoms with van der Waals surface area (Å²) in [4.78, 5) is 18.5. The number of nitrogens with two attached hydrogens (primary N) is 1. The summed E-state index contributed by atoms with van der Waals surface area (Å²) < 4.78 is 0. The van der Waals surface area contributed by atoms with E-state index in [0.717, 1.165) is 36.7 Å². The van der Waals surface area contributed by atoms with Crippen LogP contribution in [0.5, 0.6) is 0 Å². The summed E-state index contributed by atoms with van der Waals surface area (Å²) in [5, 5.41) is 1.74. The van der Waals surface area contributed by atoms with Gasteiger partial charge in [0.05, 0.1) is 0 Å². The van der Waals surface area contributed by atoms with Crippen molar-refractivity contribution in [1.29, 1.82) is 0 Å². The number of likely N-dealkylation sites (tertiary alicyclic amines) is 1. The highest BCUT2D eigenvalue weighted by Crippen LogP contribution is 2.25. The first kappa shape index (κ1) is 11.0. The Labute approximate surface area is 105 Å². The Morgan fingerprint density at radius 2 is 2.00 bits per heavy atom. The summed E-state index contributed by atoms with van der Waals surface area (Å²) in [7, 11) is 0. The smallest absolute Gasteiger partial charge is 0.273 e. The highest BCUT2D eigenvalue weighted by Gasteiger charge is 2.22. The molecule has 0 unspecified atom stereocenters. The maximum absolute atomic E-state index is 12.4. The minimum Gasteiger partial charge on any atom is -0.398 e. The van der Waals surface area contributed by atoms with Gasteiger partial charge in [0, 0.05) is 30.4 Å². The van der Waals surface area contributed by atoms with Gasteiger partial charge in [-0.2, -0.15) is 0 Å². The fourth-order valence-corrected chi connectivity index (χ4v) is 2.49. The molecule has 3 rings (SSSR count). The molecule has 0 aliphatic carbocycles. The molecule has 1 fully saturated rings. The van der Waals surface area contributed by atoms with Gasteiger partial charge in [-0.1, -0.05) is 12.1 Å². The molecule has 1 aliphatic rings. The maximum Gasteiger partial charge on any atom is 0.273 e. The lowest BCUT2D eigenvalue weighted by Gasteiger charge is -2.16. The Balaban J connectivity index is 2.13. The Morgan fingerprint density at radius 1 is 1.22 bits per heavy atom. The number of rotatable bonds is 1. The van der Waals surface area contributed by atoms with Crippen LogP contribution in [0, 0.1) is 0 Å². The first-order chi connectivity index (χ1) is 8.77. The van der Waals surface area contributed by atoms with E-state index in [9.17, 15) is 4.79 Å². The number of amides is 1. The Morgan fingerprint density at radius 3 is 2.78 bits per heavy atom. The van der Waals surface area contributed by atoms with Crippen LogP contribution in [-0.2, 0) is 0 Å². The lowest BCUT2D eigenvalue weighted by atomic mass is 10.1. The van der Waals surface area contributed by atoms with E-state index >= 15 is 0 Å². The number of nitrogens with zero attached hydrogens (tertiary/aromatic N) is 2. The monoisotopic (exact) mass is 241 g/mol. The van der Waals surface area contributed by atoms with Crippen LogP contribution < -0.4 is 5.73 Å². The fourth-order valence-electron chi connectivity index (χ4n) is 2.49. The van der Waals surface area contributed by atoms with E-state index in [2.05, 4.69) is 4.98 Å². The summed E-state index contributed by atoms with van der Waals surface area (Å²) in [6, 6.07) is 7.53. The molecule has 18 heavy (non-hydrogen) atoms. The highest BCUT2D eigenvalue weighted by molar-refractivity contribution is 6.09. The van der Waals surface area contributed by atoms with Crippen LogP contribution in [0.15, 0.2) is 30.5 Å². The lowest BCUT2D eigenvalue weighted by molar-refractivity contribution is 0.0789. The third kappa shape index (κ3) is 1.70. The molecule has 92 valence electrons. The van der Waals surface area contributed by atoms with Gasteiger partial charge in [0.1, 0.15) is 5.69 Å². The van der Waals surface area contributed by atoms with E-state index < -0.39 is 0 Å². The number of hydrogen-bond acceptors (Lipinski definition) is 3. The topological polar surface area (TPSA) is 59.2 Å². The average Bonchev–Trinajstić information content (AvgIpc) is 2.91. The number of pyridine rings is 1. The molecule has 1 saturated heterocycles. The summed E-state index contributed by atoms with van der Waals surface area (Å²) in [5.41, 5.74) is 7.08. The predicted molar refractivity (Wildman–Crippen MR) is 71.3 cm³/mol. The van der Waals surface area contributed by atoms with Gasteiger partial charge in [0.25, 0.3) is 5.91 Å². The van der Waals surface area contributed by atoms with Gasteiger partial charge < -0.3 is 10.6 Å². The van der Waals surface area contributed by atoms with Crippen molar-refractivity contribution in [2.45, 2.75) is 12.8 Å². The first-order valence-corrected chi connectivity index (χ1v) is 6.20. The molecule has 1 amide bonds. The van der Waals surface area contributed by atoms with Gasteiger partial charge in [-0.25, -0.2) is 0 Å². The second kappa shape index (κ2) is 4.29. The first-order valence-electron chi connectivity index (χ1n) is 6.20. The zero-order valence-corrected chi connectivity index (χ0v) is 10.1. The third-order valence-corrected chi connectivity index (χ3v) is 3.42. The molecule has 0 atom stereocenters. The molecule has 4 heteroatoms. The maximum atomic E-state index is 12.4. The van der Waals surface area contributed by atoms with Crippen molar-refractivity contribution in [1.82, 2.24) is 9.88 Å². The van der Waals surface area contributed by atoms with E-state index in [-0.39, 0.29) is 5.91 Å². The summed E-state index contributed by atoms with van der Waals surface area (Å²) in [5.74, 6) is -0.00370. The van der Waals surface area contributed by atoms with Crippen molar-refractivity contribution >= 4 is 22.4 Å². The highest BCUT2D eigenvalue weighted by atomic mass is 16.2. The molecule has 2 N–H and O–H groups in total. The number of nitrogen functional groups attached to an aromatic ring is 1. The van der Waals surface area contributed by atoms with E-state index in [1.807, 2.05) is 29.2 Å². The number of carbonyl (C=O) groups excluding carboxylic acids is 1. The van der Waals surface area contributed by atoms with Crippen molar-refractivity contribution in [2.24, 2.45) is 0 Å². The van der Waals surface area contributed by atoms with Crippen molar-refractivity contribution in [3.05, 3.63) is 36.2 Å².